The van der Waals surface area contributed by atoms with E-state index in [4.69, 9.17) is 0 Å². The fourth-order valence-electron chi connectivity index (χ4n) is 2.52. The van der Waals surface area contributed by atoms with E-state index in [0.717, 1.165) is 18.4 Å². The van der Waals surface area contributed by atoms with Crippen LogP contribution in [0, 0.1) is 19.1 Å². The van der Waals surface area contributed by atoms with Gasteiger partial charge in [-0.1, -0.05) is 66.7 Å². The maximum atomic E-state index is 3.31. The monoisotopic (exact) mass is 270 g/mol. The van der Waals surface area contributed by atoms with Crippen LogP contribution in [-0.4, -0.2) is 0 Å². The predicted octanol–water partition coefficient (Wildman–Crippen LogP) is 5.05. The highest BCUT2D eigenvalue weighted by atomic mass is 14.0. The zero-order valence-electron chi connectivity index (χ0n) is 12.3. The summed E-state index contributed by atoms with van der Waals surface area (Å²) in [4.78, 5) is 0. The first-order valence-electron chi connectivity index (χ1n) is 7.36. The summed E-state index contributed by atoms with van der Waals surface area (Å²) in [5, 5.41) is 0. The van der Waals surface area contributed by atoms with Gasteiger partial charge in [0.1, 0.15) is 0 Å². The van der Waals surface area contributed by atoms with Crippen molar-refractivity contribution in [2.45, 2.75) is 19.8 Å². The molecule has 0 amide bonds. The highest BCUT2D eigenvalue weighted by Crippen LogP contribution is 2.21. The Balaban J connectivity index is 1.71. The van der Waals surface area contributed by atoms with E-state index in [1.54, 1.807) is 0 Å². The van der Waals surface area contributed by atoms with Crippen LogP contribution in [0.4, 0.5) is 0 Å². The van der Waals surface area contributed by atoms with Crippen LogP contribution in [0.25, 0.3) is 11.1 Å². The quantitative estimate of drug-likeness (QED) is 0.622. The van der Waals surface area contributed by atoms with E-state index < -0.39 is 0 Å². The fraction of sp³-hybridized carbons (Fsp3) is 0.143. The van der Waals surface area contributed by atoms with E-state index in [0.29, 0.717) is 0 Å². The van der Waals surface area contributed by atoms with E-state index in [1.807, 2.05) is 0 Å². The molecule has 21 heavy (non-hydrogen) atoms. The van der Waals surface area contributed by atoms with Gasteiger partial charge in [-0.3, -0.25) is 0 Å². The molecular weight excluding hydrogens is 252 g/mol. The summed E-state index contributed by atoms with van der Waals surface area (Å²) in [7, 11) is 0. The molecule has 0 aliphatic rings. The van der Waals surface area contributed by atoms with Crippen LogP contribution in [0.15, 0.2) is 66.7 Å². The molecule has 0 unspecified atom stereocenters. The highest BCUT2D eigenvalue weighted by molar-refractivity contribution is 5.65. The predicted molar refractivity (Wildman–Crippen MR) is 88.1 cm³/mol. The van der Waals surface area contributed by atoms with Gasteiger partial charge in [-0.25, -0.2) is 0 Å². The second-order valence-electron chi connectivity index (χ2n) is 5.32. The summed E-state index contributed by atoms with van der Waals surface area (Å²) < 4.78 is 0. The molecule has 0 bridgehead atoms. The third-order valence-electron chi connectivity index (χ3n) is 3.77. The van der Waals surface area contributed by atoms with Gasteiger partial charge >= 0.3 is 0 Å². The molecule has 0 aromatic heterocycles. The smallest absolute Gasteiger partial charge is 0.0324 e. The van der Waals surface area contributed by atoms with Gasteiger partial charge < -0.3 is 0 Å². The van der Waals surface area contributed by atoms with Gasteiger partial charge in [0.15, 0.2) is 0 Å². The van der Waals surface area contributed by atoms with Gasteiger partial charge in [-0.2, -0.15) is 0 Å². The average molecular weight is 270 g/mol. The van der Waals surface area contributed by atoms with Gasteiger partial charge in [0.05, 0.1) is 0 Å². The van der Waals surface area contributed by atoms with Crippen molar-refractivity contribution in [2.24, 2.45) is 0 Å². The molecule has 0 radical (unpaired) electrons. The van der Waals surface area contributed by atoms with E-state index in [-0.39, 0.29) is 0 Å². The Bertz CT molecular complexity index is 694. The topological polar surface area (TPSA) is 0 Å². The Hall–Kier alpha value is -2.52. The zero-order valence-corrected chi connectivity index (χ0v) is 12.3. The SMILES string of the molecule is Cc1ccccc1-c1c#cc(CCc2ccccc2)cc1. The fourth-order valence-corrected chi connectivity index (χ4v) is 2.52. The van der Waals surface area contributed by atoms with Crippen LogP contribution in [0.3, 0.4) is 0 Å². The second-order valence-corrected chi connectivity index (χ2v) is 5.32. The number of rotatable bonds is 4. The van der Waals surface area contributed by atoms with Crippen molar-refractivity contribution >= 4 is 0 Å². The first-order chi connectivity index (χ1) is 10.3. The molecule has 0 N–H and O–H groups in total. The van der Waals surface area contributed by atoms with Crippen molar-refractivity contribution in [3.05, 3.63) is 95.6 Å². The third kappa shape index (κ3) is 3.33. The first kappa shape index (κ1) is 13.5. The van der Waals surface area contributed by atoms with Gasteiger partial charge in [-0.15, -0.1) is 0 Å². The van der Waals surface area contributed by atoms with E-state index >= 15 is 0 Å². The van der Waals surface area contributed by atoms with Crippen LogP contribution in [-0.2, 0) is 12.8 Å². The largest absolute Gasteiger partial charge is 0.0661 e. The minimum Gasteiger partial charge on any atom is -0.0661 e. The van der Waals surface area contributed by atoms with Gasteiger partial charge in [0.2, 0.25) is 0 Å². The van der Waals surface area contributed by atoms with Gasteiger partial charge in [0.25, 0.3) is 0 Å². The molecule has 0 heterocycles. The minimum atomic E-state index is 1.01. The molecule has 102 valence electrons. The van der Waals surface area contributed by atoms with Crippen molar-refractivity contribution in [1.29, 1.82) is 0 Å². The van der Waals surface area contributed by atoms with Crippen LogP contribution in [0.2, 0.25) is 0 Å². The summed E-state index contributed by atoms with van der Waals surface area (Å²) in [6.45, 7) is 2.13. The molecule has 0 fully saturated rings. The van der Waals surface area contributed by atoms with Crippen molar-refractivity contribution in [2.75, 3.05) is 0 Å². The maximum Gasteiger partial charge on any atom is 0.0324 e. The first-order valence-corrected chi connectivity index (χ1v) is 7.36. The van der Waals surface area contributed by atoms with Gasteiger partial charge in [0, 0.05) is 11.1 Å². The van der Waals surface area contributed by atoms with Crippen LogP contribution in [0.1, 0.15) is 16.7 Å². The molecule has 0 saturated heterocycles. The summed E-state index contributed by atoms with van der Waals surface area (Å²) in [6.07, 6.45) is 2.06. The number of benzene rings is 2. The molecular formula is C21H18. The Morgan fingerprint density at radius 1 is 0.714 bits per heavy atom. The van der Waals surface area contributed by atoms with Crippen molar-refractivity contribution in [1.82, 2.24) is 0 Å². The highest BCUT2D eigenvalue weighted by Gasteiger charge is 2.01. The lowest BCUT2D eigenvalue weighted by Gasteiger charge is -2.04. The van der Waals surface area contributed by atoms with E-state index in [1.165, 1.54) is 22.3 Å². The molecule has 3 rings (SSSR count). The maximum absolute atomic E-state index is 3.31. The van der Waals surface area contributed by atoms with E-state index in [9.17, 15) is 0 Å². The van der Waals surface area contributed by atoms with Gasteiger partial charge in [-0.05, 0) is 48.6 Å². The normalized spacial score (nSPS) is 10.1. The molecule has 0 aliphatic carbocycles. The molecule has 0 heteroatoms. The summed E-state index contributed by atoms with van der Waals surface area (Å²) >= 11 is 0. The number of hydrogen-bond acceptors (Lipinski definition) is 0. The molecule has 0 aliphatic heterocycles. The average Bonchev–Trinajstić information content (AvgIpc) is 2.55. The Kier molecular flexibility index (Phi) is 4.03. The van der Waals surface area contributed by atoms with Crippen molar-refractivity contribution < 1.29 is 0 Å². The summed E-state index contributed by atoms with van der Waals surface area (Å²) in [5.41, 5.74) is 6.23. The number of aryl methyl sites for hydroxylation is 3. The molecule has 3 aromatic carbocycles. The Morgan fingerprint density at radius 3 is 2.19 bits per heavy atom. The van der Waals surface area contributed by atoms with Crippen LogP contribution >= 0.6 is 0 Å². The lowest BCUT2D eigenvalue weighted by molar-refractivity contribution is 0.961. The van der Waals surface area contributed by atoms with E-state index in [2.05, 4.69) is 85.8 Å². The molecule has 0 nitrogen and oxygen atoms in total. The molecule has 0 spiro atoms. The zero-order chi connectivity index (χ0) is 14.5. The lowest BCUT2D eigenvalue weighted by atomic mass is 10.00. The third-order valence-corrected chi connectivity index (χ3v) is 3.77. The molecule has 0 saturated carbocycles. The minimum absolute atomic E-state index is 1.01. The summed E-state index contributed by atoms with van der Waals surface area (Å²) in [5.74, 6) is 0. The van der Waals surface area contributed by atoms with Crippen LogP contribution in [0.5, 0.6) is 0 Å². The summed E-state index contributed by atoms with van der Waals surface area (Å²) in [6, 6.07) is 29.9. The van der Waals surface area contributed by atoms with Crippen molar-refractivity contribution in [3.8, 4) is 11.1 Å². The lowest BCUT2D eigenvalue weighted by Crippen LogP contribution is -1.90. The molecule has 3 aromatic rings. The Morgan fingerprint density at radius 2 is 1.48 bits per heavy atom. The second kappa shape index (κ2) is 6.29. The van der Waals surface area contributed by atoms with Crippen LogP contribution < -0.4 is 0 Å². The number of hydrogen-bond donors (Lipinski definition) is 0. The Labute approximate surface area is 127 Å². The van der Waals surface area contributed by atoms with Crippen molar-refractivity contribution in [3.63, 3.8) is 0 Å². The standard InChI is InChI=1S/C21H18/c1-17-7-5-6-10-21(17)20-15-13-19(14-16-20)12-11-18-8-3-2-4-9-18/h2-10,13,15H,11-12H2,1H3. The molecule has 0 atom stereocenters.